The Morgan fingerprint density at radius 1 is 1.18 bits per heavy atom. The summed E-state index contributed by atoms with van der Waals surface area (Å²) in [6, 6.07) is 8.27. The number of carbonyl (C=O) groups excluding carboxylic acids is 1. The number of rotatable bonds is 9. The van der Waals surface area contributed by atoms with E-state index in [4.69, 9.17) is 25.4 Å². The number of H-pyrrole nitrogens is 1. The highest BCUT2D eigenvalue weighted by atomic mass is 16.5. The lowest BCUT2D eigenvalue weighted by Gasteiger charge is -2.40. The van der Waals surface area contributed by atoms with Gasteiger partial charge in [-0.2, -0.15) is 0 Å². The first-order valence-electron chi connectivity index (χ1n) is 13.8. The number of hydrogen-bond acceptors (Lipinski definition) is 8. The van der Waals surface area contributed by atoms with E-state index in [1.54, 1.807) is 0 Å². The van der Waals surface area contributed by atoms with E-state index in [0.717, 1.165) is 85.1 Å². The monoisotopic (exact) mass is 531 g/mol. The van der Waals surface area contributed by atoms with Crippen molar-refractivity contribution in [1.82, 2.24) is 34.7 Å². The molecule has 2 saturated heterocycles. The summed E-state index contributed by atoms with van der Waals surface area (Å²) in [5, 5.41) is 4.41. The molecular formula is C28H37N9O2. The maximum Gasteiger partial charge on any atom is 0.237 e. The molecule has 5 heterocycles. The molecule has 6 rings (SSSR count). The zero-order valence-corrected chi connectivity index (χ0v) is 22.9. The molecule has 3 aromatic heterocycles. The maximum atomic E-state index is 11.6. The number of ether oxygens (including phenoxy) is 1. The van der Waals surface area contributed by atoms with Crippen LogP contribution in [-0.2, 0) is 22.6 Å². The molecule has 0 bridgehead atoms. The molecule has 0 atom stereocenters. The van der Waals surface area contributed by atoms with Crippen LogP contribution in [0.5, 0.6) is 0 Å². The number of nitrogens with zero attached hydrogens (tertiary/aromatic N) is 6. The van der Waals surface area contributed by atoms with Crippen molar-refractivity contribution in [3.05, 3.63) is 36.3 Å². The van der Waals surface area contributed by atoms with Crippen LogP contribution in [0.3, 0.4) is 0 Å². The number of aromatic amines is 1. The molecule has 206 valence electrons. The smallest absolute Gasteiger partial charge is 0.237 e. The number of hydrogen-bond donors (Lipinski definition) is 3. The molecule has 0 aliphatic carbocycles. The highest BCUT2D eigenvalue weighted by Crippen LogP contribution is 2.32. The van der Waals surface area contributed by atoms with Crippen molar-refractivity contribution in [3.63, 3.8) is 0 Å². The van der Waals surface area contributed by atoms with Gasteiger partial charge in [0.15, 0.2) is 22.8 Å². The SMILES string of the molecule is CCn1c(CN2CC(CNC(C)(C)C(N)=O)C2)nc2c(N3CCOCC3)nc(-c3cccc4[nH]ccc34)nc21. The van der Waals surface area contributed by atoms with E-state index >= 15 is 0 Å². The van der Waals surface area contributed by atoms with Gasteiger partial charge in [0, 0.05) is 61.9 Å². The normalized spacial score (nSPS) is 17.3. The van der Waals surface area contributed by atoms with Crippen LogP contribution in [0.1, 0.15) is 26.6 Å². The molecule has 1 aromatic carbocycles. The van der Waals surface area contributed by atoms with Gasteiger partial charge in [-0.3, -0.25) is 9.69 Å². The number of benzene rings is 1. The molecular weight excluding hydrogens is 494 g/mol. The zero-order valence-electron chi connectivity index (χ0n) is 22.9. The number of amides is 1. The molecule has 0 radical (unpaired) electrons. The number of likely N-dealkylation sites (tertiary alicyclic amines) is 1. The van der Waals surface area contributed by atoms with Crippen LogP contribution in [0.4, 0.5) is 5.82 Å². The number of nitrogens with two attached hydrogens (primary N) is 1. The van der Waals surface area contributed by atoms with E-state index in [-0.39, 0.29) is 5.91 Å². The number of nitrogens with one attached hydrogen (secondary N) is 2. The summed E-state index contributed by atoms with van der Waals surface area (Å²) in [6.45, 7) is 12.8. The van der Waals surface area contributed by atoms with Gasteiger partial charge in [-0.1, -0.05) is 12.1 Å². The standard InChI is InChI=1S/C28H37N9O2/c1-4-37-22(17-35-15-18(16-35)14-31-28(2,3)27(29)38)32-23-25(36-10-12-39-13-11-36)33-24(34-26(23)37)20-6-5-7-21-19(20)8-9-30-21/h5-9,18,30-31H,4,10-17H2,1-3H3,(H2,29,38). The lowest BCUT2D eigenvalue weighted by molar-refractivity contribution is -0.123. The second-order valence-electron chi connectivity index (χ2n) is 11.1. The van der Waals surface area contributed by atoms with Gasteiger partial charge in [0.1, 0.15) is 5.82 Å². The number of imidazole rings is 1. The molecule has 0 spiro atoms. The fourth-order valence-corrected chi connectivity index (χ4v) is 5.50. The van der Waals surface area contributed by atoms with Crippen LogP contribution in [0.2, 0.25) is 0 Å². The third-order valence-corrected chi connectivity index (χ3v) is 7.96. The molecule has 4 aromatic rings. The fourth-order valence-electron chi connectivity index (χ4n) is 5.50. The number of primary amides is 1. The molecule has 0 unspecified atom stereocenters. The predicted octanol–water partition coefficient (Wildman–Crippen LogP) is 2.12. The summed E-state index contributed by atoms with van der Waals surface area (Å²) in [4.78, 5) is 34.9. The van der Waals surface area contributed by atoms with E-state index in [1.807, 2.05) is 26.1 Å². The Kier molecular flexibility index (Phi) is 6.74. The minimum absolute atomic E-state index is 0.334. The van der Waals surface area contributed by atoms with Gasteiger partial charge in [0.25, 0.3) is 0 Å². The van der Waals surface area contributed by atoms with Crippen LogP contribution in [0, 0.1) is 5.92 Å². The van der Waals surface area contributed by atoms with Gasteiger partial charge in [0.2, 0.25) is 5.91 Å². The lowest BCUT2D eigenvalue weighted by Crippen LogP contribution is -2.57. The van der Waals surface area contributed by atoms with E-state index in [1.165, 1.54) is 0 Å². The highest BCUT2D eigenvalue weighted by molar-refractivity contribution is 5.95. The predicted molar refractivity (Wildman–Crippen MR) is 151 cm³/mol. The molecule has 39 heavy (non-hydrogen) atoms. The summed E-state index contributed by atoms with van der Waals surface area (Å²) in [5.41, 5.74) is 8.59. The Bertz CT molecular complexity index is 1500. The van der Waals surface area contributed by atoms with Crippen molar-refractivity contribution in [3.8, 4) is 11.4 Å². The number of morpholine rings is 1. The van der Waals surface area contributed by atoms with Crippen LogP contribution in [0.15, 0.2) is 30.5 Å². The third kappa shape index (κ3) is 4.86. The van der Waals surface area contributed by atoms with Gasteiger partial charge in [0.05, 0.1) is 25.3 Å². The number of fused-ring (bicyclic) bond motifs is 2. The average molecular weight is 532 g/mol. The van der Waals surface area contributed by atoms with Crippen molar-refractivity contribution in [2.45, 2.75) is 39.4 Å². The van der Waals surface area contributed by atoms with Crippen LogP contribution in [-0.4, -0.2) is 86.8 Å². The Labute approximate surface area is 227 Å². The third-order valence-electron chi connectivity index (χ3n) is 7.96. The summed E-state index contributed by atoms with van der Waals surface area (Å²) in [6.07, 6.45) is 1.95. The molecule has 11 nitrogen and oxygen atoms in total. The van der Waals surface area contributed by atoms with E-state index in [0.29, 0.717) is 25.0 Å². The summed E-state index contributed by atoms with van der Waals surface area (Å²) < 4.78 is 7.86. The van der Waals surface area contributed by atoms with Gasteiger partial charge >= 0.3 is 0 Å². The first kappa shape index (κ1) is 25.7. The number of anilines is 1. The average Bonchev–Trinajstić information content (AvgIpc) is 3.53. The number of aromatic nitrogens is 5. The molecule has 4 N–H and O–H groups in total. The molecule has 0 saturated carbocycles. The zero-order chi connectivity index (χ0) is 27.1. The van der Waals surface area contributed by atoms with Crippen molar-refractivity contribution in [2.24, 2.45) is 11.7 Å². The highest BCUT2D eigenvalue weighted by Gasteiger charge is 2.32. The second kappa shape index (κ2) is 10.2. The minimum Gasteiger partial charge on any atom is -0.378 e. The lowest BCUT2D eigenvalue weighted by atomic mass is 9.97. The molecule has 2 aliphatic rings. The Hall–Kier alpha value is -3.54. The van der Waals surface area contributed by atoms with Gasteiger partial charge in [-0.15, -0.1) is 0 Å². The minimum atomic E-state index is -0.701. The number of carbonyl (C=O) groups is 1. The van der Waals surface area contributed by atoms with Crippen LogP contribution >= 0.6 is 0 Å². The molecule has 2 aliphatic heterocycles. The fraction of sp³-hybridized carbons (Fsp3) is 0.500. The summed E-state index contributed by atoms with van der Waals surface area (Å²) >= 11 is 0. The topological polar surface area (TPSA) is 130 Å². The van der Waals surface area contributed by atoms with Crippen molar-refractivity contribution >= 4 is 33.8 Å². The maximum absolute atomic E-state index is 11.6. The second-order valence-corrected chi connectivity index (χ2v) is 11.1. The van der Waals surface area contributed by atoms with E-state index in [9.17, 15) is 4.79 Å². The summed E-state index contributed by atoms with van der Waals surface area (Å²) in [5.74, 6) is 2.72. The van der Waals surface area contributed by atoms with Gasteiger partial charge in [-0.05, 0) is 38.8 Å². The largest absolute Gasteiger partial charge is 0.378 e. The Balaban J connectivity index is 1.31. The summed E-state index contributed by atoms with van der Waals surface area (Å²) in [7, 11) is 0. The Morgan fingerprint density at radius 3 is 2.72 bits per heavy atom. The quantitative estimate of drug-likeness (QED) is 0.299. The van der Waals surface area contributed by atoms with E-state index in [2.05, 4.69) is 49.8 Å². The number of aryl methyl sites for hydroxylation is 1. The van der Waals surface area contributed by atoms with E-state index < -0.39 is 5.54 Å². The Morgan fingerprint density at radius 2 is 1.97 bits per heavy atom. The van der Waals surface area contributed by atoms with Crippen LogP contribution in [0.25, 0.3) is 33.5 Å². The molecule has 11 heteroatoms. The van der Waals surface area contributed by atoms with Crippen molar-refractivity contribution in [2.75, 3.05) is 50.8 Å². The van der Waals surface area contributed by atoms with Gasteiger partial charge in [-0.25, -0.2) is 15.0 Å². The van der Waals surface area contributed by atoms with Crippen molar-refractivity contribution in [1.29, 1.82) is 0 Å². The molecule has 1 amide bonds. The van der Waals surface area contributed by atoms with Gasteiger partial charge < -0.3 is 30.2 Å². The van der Waals surface area contributed by atoms with Crippen molar-refractivity contribution < 1.29 is 9.53 Å². The first-order chi connectivity index (χ1) is 18.8. The molecule has 2 fully saturated rings. The first-order valence-corrected chi connectivity index (χ1v) is 13.8. The van der Waals surface area contributed by atoms with Crippen LogP contribution < -0.4 is 16.0 Å².